The van der Waals surface area contributed by atoms with Gasteiger partial charge in [-0.2, -0.15) is 0 Å². The van der Waals surface area contributed by atoms with Crippen molar-refractivity contribution in [3.63, 3.8) is 0 Å². The van der Waals surface area contributed by atoms with Crippen LogP contribution < -0.4 is 0 Å². The molecule has 3 unspecified atom stereocenters. The van der Waals surface area contributed by atoms with Crippen molar-refractivity contribution in [2.24, 2.45) is 11.3 Å². The third kappa shape index (κ3) is 2.75. The minimum atomic E-state index is 0.425. The van der Waals surface area contributed by atoms with Crippen molar-refractivity contribution in [1.82, 2.24) is 0 Å². The average molecular weight is 320 g/mol. The number of benzene rings is 2. The maximum absolute atomic E-state index is 9.81. The maximum Gasteiger partial charge on any atom is 0.115 e. The lowest BCUT2D eigenvalue weighted by atomic mass is 9.53. The van der Waals surface area contributed by atoms with Gasteiger partial charge in [-0.25, -0.2) is 0 Å². The van der Waals surface area contributed by atoms with Crippen LogP contribution in [0.25, 0.3) is 0 Å². The van der Waals surface area contributed by atoms with E-state index < -0.39 is 0 Å². The van der Waals surface area contributed by atoms with Crippen LogP contribution >= 0.6 is 0 Å². The number of aromatic hydroxyl groups is 1. The van der Waals surface area contributed by atoms with Gasteiger partial charge in [-0.15, -0.1) is 0 Å². The summed E-state index contributed by atoms with van der Waals surface area (Å²) in [5.41, 5.74) is 4.81. The molecule has 2 aromatic carbocycles. The largest absolute Gasteiger partial charge is 0.508 e. The van der Waals surface area contributed by atoms with Gasteiger partial charge in [-0.05, 0) is 84.6 Å². The molecule has 3 atom stereocenters. The normalized spacial score (nSPS) is 28.9. The first-order valence-corrected chi connectivity index (χ1v) is 9.52. The van der Waals surface area contributed by atoms with Crippen molar-refractivity contribution in [1.29, 1.82) is 0 Å². The summed E-state index contributed by atoms with van der Waals surface area (Å²) in [6.45, 7) is 2.54. The second-order valence-corrected chi connectivity index (χ2v) is 8.09. The molecule has 0 bridgehead atoms. The van der Waals surface area contributed by atoms with Crippen LogP contribution in [0.5, 0.6) is 5.75 Å². The molecule has 0 radical (unpaired) electrons. The van der Waals surface area contributed by atoms with Crippen LogP contribution in [0.3, 0.4) is 0 Å². The summed E-state index contributed by atoms with van der Waals surface area (Å²) in [6, 6.07) is 17.0. The fourth-order valence-corrected chi connectivity index (χ4v) is 5.41. The van der Waals surface area contributed by atoms with E-state index in [-0.39, 0.29) is 0 Å². The zero-order valence-corrected chi connectivity index (χ0v) is 14.7. The van der Waals surface area contributed by atoms with Crippen molar-refractivity contribution in [3.8, 4) is 5.75 Å². The molecule has 1 saturated carbocycles. The molecule has 126 valence electrons. The first kappa shape index (κ1) is 15.7. The minimum Gasteiger partial charge on any atom is -0.508 e. The van der Waals surface area contributed by atoms with Gasteiger partial charge in [0, 0.05) is 0 Å². The van der Waals surface area contributed by atoms with E-state index in [2.05, 4.69) is 43.3 Å². The molecule has 2 aliphatic carbocycles. The Balaban J connectivity index is 1.56. The number of hydrogen-bond donors (Lipinski definition) is 1. The second kappa shape index (κ2) is 6.27. The van der Waals surface area contributed by atoms with Crippen LogP contribution in [-0.2, 0) is 12.8 Å². The molecule has 0 saturated heterocycles. The van der Waals surface area contributed by atoms with Gasteiger partial charge in [0.2, 0.25) is 0 Å². The van der Waals surface area contributed by atoms with Gasteiger partial charge < -0.3 is 5.11 Å². The standard InChI is InChI=1S/C23H28O/c1-23-15-14-18-16-20(24)12-13-21(18)22(23)9-5-8-19(23)11-10-17-6-3-2-4-7-17/h2-4,6-7,12-13,16,19,22,24H,5,8-11,14-15H2,1H3. The molecule has 0 spiro atoms. The Labute approximate surface area is 145 Å². The van der Waals surface area contributed by atoms with E-state index >= 15 is 0 Å². The fourth-order valence-electron chi connectivity index (χ4n) is 5.41. The van der Waals surface area contributed by atoms with E-state index in [9.17, 15) is 5.11 Å². The highest BCUT2D eigenvalue weighted by Gasteiger charge is 2.46. The van der Waals surface area contributed by atoms with Gasteiger partial charge in [-0.1, -0.05) is 49.7 Å². The summed E-state index contributed by atoms with van der Waals surface area (Å²) < 4.78 is 0. The van der Waals surface area contributed by atoms with E-state index in [1.807, 2.05) is 12.1 Å². The summed E-state index contributed by atoms with van der Waals surface area (Å²) in [6.07, 6.45) is 8.95. The molecular weight excluding hydrogens is 292 g/mol. The van der Waals surface area contributed by atoms with Crippen molar-refractivity contribution < 1.29 is 5.11 Å². The average Bonchev–Trinajstić information content (AvgIpc) is 2.60. The zero-order valence-electron chi connectivity index (χ0n) is 14.7. The quantitative estimate of drug-likeness (QED) is 0.751. The van der Waals surface area contributed by atoms with Crippen molar-refractivity contribution in [2.75, 3.05) is 0 Å². The predicted molar refractivity (Wildman–Crippen MR) is 99.4 cm³/mol. The summed E-state index contributed by atoms with van der Waals surface area (Å²) in [7, 11) is 0. The first-order chi connectivity index (χ1) is 11.7. The molecule has 0 aliphatic heterocycles. The monoisotopic (exact) mass is 320 g/mol. The Morgan fingerprint density at radius 1 is 1.08 bits per heavy atom. The summed E-state index contributed by atoms with van der Waals surface area (Å²) >= 11 is 0. The molecule has 0 amide bonds. The Morgan fingerprint density at radius 2 is 1.92 bits per heavy atom. The lowest BCUT2D eigenvalue weighted by molar-refractivity contribution is 0.0596. The highest BCUT2D eigenvalue weighted by molar-refractivity contribution is 5.40. The molecule has 2 aliphatic rings. The minimum absolute atomic E-state index is 0.425. The predicted octanol–water partition coefficient (Wildman–Crippen LogP) is 5.86. The maximum atomic E-state index is 9.81. The molecule has 1 nitrogen and oxygen atoms in total. The molecule has 1 fully saturated rings. The lowest BCUT2D eigenvalue weighted by Crippen LogP contribution is -2.41. The molecular formula is C23H28O. The molecule has 4 rings (SSSR count). The van der Waals surface area contributed by atoms with Crippen LogP contribution in [0.4, 0.5) is 0 Å². The number of phenols is 1. The summed E-state index contributed by atoms with van der Waals surface area (Å²) in [4.78, 5) is 0. The van der Waals surface area contributed by atoms with Crippen LogP contribution in [0, 0.1) is 11.3 Å². The van der Waals surface area contributed by atoms with Crippen LogP contribution in [0.1, 0.15) is 61.6 Å². The zero-order chi connectivity index (χ0) is 16.6. The van der Waals surface area contributed by atoms with Gasteiger partial charge >= 0.3 is 0 Å². The van der Waals surface area contributed by atoms with E-state index in [4.69, 9.17) is 0 Å². The van der Waals surface area contributed by atoms with Gasteiger partial charge in [0.25, 0.3) is 0 Å². The van der Waals surface area contributed by atoms with E-state index in [0.29, 0.717) is 17.1 Å². The molecule has 24 heavy (non-hydrogen) atoms. The number of aryl methyl sites for hydroxylation is 2. The third-order valence-electron chi connectivity index (χ3n) is 6.83. The molecule has 1 heteroatoms. The summed E-state index contributed by atoms with van der Waals surface area (Å²) in [5, 5.41) is 9.81. The van der Waals surface area contributed by atoms with Crippen molar-refractivity contribution >= 4 is 0 Å². The molecule has 2 aromatic rings. The fraction of sp³-hybridized carbons (Fsp3) is 0.478. The SMILES string of the molecule is CC12CCc3cc(O)ccc3C1CCCC2CCc1ccccc1. The number of rotatable bonds is 3. The smallest absolute Gasteiger partial charge is 0.115 e. The first-order valence-electron chi connectivity index (χ1n) is 9.52. The second-order valence-electron chi connectivity index (χ2n) is 8.09. The van der Waals surface area contributed by atoms with Crippen LogP contribution in [0.15, 0.2) is 48.5 Å². The van der Waals surface area contributed by atoms with E-state index in [1.165, 1.54) is 55.2 Å². The molecule has 0 heterocycles. The van der Waals surface area contributed by atoms with Gasteiger partial charge in [0.05, 0.1) is 0 Å². The molecule has 0 aromatic heterocycles. The number of phenolic OH excluding ortho intramolecular Hbond substituents is 1. The Hall–Kier alpha value is -1.76. The number of hydrogen-bond acceptors (Lipinski definition) is 1. The van der Waals surface area contributed by atoms with Gasteiger partial charge in [0.15, 0.2) is 0 Å². The van der Waals surface area contributed by atoms with Gasteiger partial charge in [-0.3, -0.25) is 0 Å². The van der Waals surface area contributed by atoms with E-state index in [1.54, 1.807) is 0 Å². The van der Waals surface area contributed by atoms with Gasteiger partial charge in [0.1, 0.15) is 5.75 Å². The topological polar surface area (TPSA) is 20.2 Å². The highest BCUT2D eigenvalue weighted by atomic mass is 16.3. The summed E-state index contributed by atoms with van der Waals surface area (Å²) in [5.74, 6) is 1.92. The van der Waals surface area contributed by atoms with Crippen molar-refractivity contribution in [2.45, 2.75) is 57.8 Å². The third-order valence-corrected chi connectivity index (χ3v) is 6.83. The Bertz CT molecular complexity index is 705. The van der Waals surface area contributed by atoms with Crippen LogP contribution in [-0.4, -0.2) is 5.11 Å². The highest BCUT2D eigenvalue weighted by Crippen LogP contribution is 2.57. The van der Waals surface area contributed by atoms with E-state index in [0.717, 1.165) is 12.3 Å². The van der Waals surface area contributed by atoms with Crippen molar-refractivity contribution in [3.05, 3.63) is 65.2 Å². The Kier molecular flexibility index (Phi) is 4.12. The molecule has 1 N–H and O–H groups in total. The number of fused-ring (bicyclic) bond motifs is 3. The Morgan fingerprint density at radius 3 is 2.75 bits per heavy atom. The van der Waals surface area contributed by atoms with Crippen LogP contribution in [0.2, 0.25) is 0 Å². The lowest BCUT2D eigenvalue weighted by Gasteiger charge is -2.51.